The standard InChI is InChI=1S/C14H17NO3/c1-17-12-4-6-13(7-5-12)18-14(16)9-11-3-2-8-15-10-11/h3-7,15H,2,8-10H2,1H3. The van der Waals surface area contributed by atoms with Crippen molar-refractivity contribution >= 4 is 5.97 Å². The molecule has 0 saturated heterocycles. The molecule has 0 aliphatic carbocycles. The van der Waals surface area contributed by atoms with Crippen LogP contribution in [0.5, 0.6) is 11.5 Å². The lowest BCUT2D eigenvalue weighted by Gasteiger charge is -2.13. The van der Waals surface area contributed by atoms with Gasteiger partial charge >= 0.3 is 5.97 Å². The number of hydrogen-bond donors (Lipinski definition) is 1. The maximum Gasteiger partial charge on any atom is 0.315 e. The van der Waals surface area contributed by atoms with E-state index in [1.54, 1.807) is 31.4 Å². The molecule has 1 heterocycles. The third kappa shape index (κ3) is 3.60. The summed E-state index contributed by atoms with van der Waals surface area (Å²) in [5.74, 6) is 1.06. The number of carbonyl (C=O) groups excluding carboxylic acids is 1. The van der Waals surface area contributed by atoms with Gasteiger partial charge < -0.3 is 14.8 Å². The first kappa shape index (κ1) is 12.6. The molecule has 0 aromatic heterocycles. The van der Waals surface area contributed by atoms with Crippen LogP contribution in [0.4, 0.5) is 0 Å². The van der Waals surface area contributed by atoms with Crippen LogP contribution in [0.1, 0.15) is 12.8 Å². The molecule has 0 fully saturated rings. The lowest BCUT2D eigenvalue weighted by Crippen LogP contribution is -2.24. The number of hydrogen-bond acceptors (Lipinski definition) is 4. The Morgan fingerprint density at radius 3 is 2.61 bits per heavy atom. The second kappa shape index (κ2) is 6.21. The molecule has 1 aliphatic rings. The van der Waals surface area contributed by atoms with Gasteiger partial charge in [-0.05, 0) is 42.8 Å². The van der Waals surface area contributed by atoms with Crippen LogP contribution in [0.25, 0.3) is 0 Å². The van der Waals surface area contributed by atoms with Gasteiger partial charge in [0.15, 0.2) is 0 Å². The summed E-state index contributed by atoms with van der Waals surface area (Å²) in [4.78, 5) is 11.7. The van der Waals surface area contributed by atoms with Crippen molar-refractivity contribution in [3.63, 3.8) is 0 Å². The maximum absolute atomic E-state index is 11.7. The van der Waals surface area contributed by atoms with Crippen molar-refractivity contribution in [2.75, 3.05) is 20.2 Å². The molecule has 0 amide bonds. The number of rotatable bonds is 4. The smallest absolute Gasteiger partial charge is 0.315 e. The molecule has 0 atom stereocenters. The summed E-state index contributed by atoms with van der Waals surface area (Å²) in [5.41, 5.74) is 1.10. The third-order valence-electron chi connectivity index (χ3n) is 2.77. The molecule has 0 unspecified atom stereocenters. The summed E-state index contributed by atoms with van der Waals surface area (Å²) in [7, 11) is 1.60. The van der Waals surface area contributed by atoms with E-state index in [0.29, 0.717) is 12.2 Å². The molecule has 1 aromatic rings. The van der Waals surface area contributed by atoms with Crippen molar-refractivity contribution in [2.24, 2.45) is 0 Å². The average Bonchev–Trinajstić information content (AvgIpc) is 2.40. The Hall–Kier alpha value is -1.81. The molecule has 4 nitrogen and oxygen atoms in total. The molecule has 0 radical (unpaired) electrons. The van der Waals surface area contributed by atoms with E-state index in [4.69, 9.17) is 9.47 Å². The number of esters is 1. The van der Waals surface area contributed by atoms with Crippen LogP contribution in [0.15, 0.2) is 35.9 Å². The highest BCUT2D eigenvalue weighted by Crippen LogP contribution is 2.18. The van der Waals surface area contributed by atoms with E-state index in [1.165, 1.54) is 0 Å². The highest BCUT2D eigenvalue weighted by atomic mass is 16.5. The Balaban J connectivity index is 1.88. The van der Waals surface area contributed by atoms with Gasteiger partial charge in [0, 0.05) is 6.54 Å². The summed E-state index contributed by atoms with van der Waals surface area (Å²) in [5, 5.41) is 3.23. The Bertz CT molecular complexity index is 437. The molecular weight excluding hydrogens is 230 g/mol. The van der Waals surface area contributed by atoms with Crippen molar-refractivity contribution in [1.29, 1.82) is 0 Å². The number of carbonyl (C=O) groups is 1. The first-order chi connectivity index (χ1) is 8.78. The summed E-state index contributed by atoms with van der Waals surface area (Å²) in [6, 6.07) is 6.99. The van der Waals surface area contributed by atoms with Crippen molar-refractivity contribution in [3.8, 4) is 11.5 Å². The molecule has 2 rings (SSSR count). The van der Waals surface area contributed by atoms with E-state index in [0.717, 1.165) is 30.8 Å². The number of ether oxygens (including phenoxy) is 2. The van der Waals surface area contributed by atoms with Crippen LogP contribution in [0.3, 0.4) is 0 Å². The van der Waals surface area contributed by atoms with E-state index < -0.39 is 0 Å². The van der Waals surface area contributed by atoms with Gasteiger partial charge in [-0.25, -0.2) is 0 Å². The lowest BCUT2D eigenvalue weighted by atomic mass is 10.1. The van der Waals surface area contributed by atoms with Gasteiger partial charge in [0.2, 0.25) is 0 Å². The zero-order valence-electron chi connectivity index (χ0n) is 10.4. The SMILES string of the molecule is COc1ccc(OC(=O)CC2=CCCNC2)cc1. The van der Waals surface area contributed by atoms with Gasteiger partial charge in [-0.2, -0.15) is 0 Å². The molecule has 0 bridgehead atoms. The highest BCUT2D eigenvalue weighted by Gasteiger charge is 2.10. The first-order valence-electron chi connectivity index (χ1n) is 6.01. The maximum atomic E-state index is 11.7. The normalized spacial score (nSPS) is 14.8. The topological polar surface area (TPSA) is 47.6 Å². The van der Waals surface area contributed by atoms with Crippen molar-refractivity contribution in [3.05, 3.63) is 35.9 Å². The van der Waals surface area contributed by atoms with E-state index in [9.17, 15) is 4.79 Å². The van der Waals surface area contributed by atoms with Crippen LogP contribution in [0, 0.1) is 0 Å². The van der Waals surface area contributed by atoms with Gasteiger partial charge in [-0.1, -0.05) is 6.08 Å². The monoisotopic (exact) mass is 247 g/mol. The molecular formula is C14H17NO3. The van der Waals surface area contributed by atoms with E-state index in [2.05, 4.69) is 11.4 Å². The van der Waals surface area contributed by atoms with Gasteiger partial charge in [0.1, 0.15) is 11.5 Å². The summed E-state index contributed by atoms with van der Waals surface area (Å²) in [6.07, 6.45) is 3.43. The minimum absolute atomic E-state index is 0.227. The van der Waals surface area contributed by atoms with Crippen LogP contribution in [-0.2, 0) is 4.79 Å². The number of benzene rings is 1. The zero-order chi connectivity index (χ0) is 12.8. The Morgan fingerprint density at radius 2 is 2.00 bits per heavy atom. The highest BCUT2D eigenvalue weighted by molar-refractivity contribution is 5.75. The molecule has 18 heavy (non-hydrogen) atoms. The largest absolute Gasteiger partial charge is 0.497 e. The minimum atomic E-state index is -0.227. The fourth-order valence-electron chi connectivity index (χ4n) is 1.83. The lowest BCUT2D eigenvalue weighted by molar-refractivity contribution is -0.133. The Labute approximate surface area is 107 Å². The molecule has 96 valence electrons. The Morgan fingerprint density at radius 1 is 1.28 bits per heavy atom. The zero-order valence-corrected chi connectivity index (χ0v) is 10.4. The number of nitrogens with one attached hydrogen (secondary N) is 1. The molecule has 1 aliphatic heterocycles. The quantitative estimate of drug-likeness (QED) is 0.501. The summed E-state index contributed by atoms with van der Waals surface area (Å²) < 4.78 is 10.3. The van der Waals surface area contributed by atoms with E-state index in [-0.39, 0.29) is 5.97 Å². The molecule has 1 aromatic carbocycles. The second-order valence-electron chi connectivity index (χ2n) is 4.15. The van der Waals surface area contributed by atoms with Gasteiger partial charge in [0.25, 0.3) is 0 Å². The van der Waals surface area contributed by atoms with Crippen LogP contribution in [0.2, 0.25) is 0 Å². The van der Waals surface area contributed by atoms with Gasteiger partial charge in [0.05, 0.1) is 13.5 Å². The summed E-state index contributed by atoms with van der Waals surface area (Å²) >= 11 is 0. The molecule has 4 heteroatoms. The molecule has 0 spiro atoms. The van der Waals surface area contributed by atoms with Crippen molar-refractivity contribution < 1.29 is 14.3 Å². The molecule has 0 saturated carbocycles. The van der Waals surface area contributed by atoms with Gasteiger partial charge in [-0.3, -0.25) is 4.79 Å². The molecule has 1 N–H and O–H groups in total. The average molecular weight is 247 g/mol. The first-order valence-corrected chi connectivity index (χ1v) is 6.01. The van der Waals surface area contributed by atoms with Gasteiger partial charge in [-0.15, -0.1) is 0 Å². The fourth-order valence-corrected chi connectivity index (χ4v) is 1.83. The van der Waals surface area contributed by atoms with Crippen LogP contribution < -0.4 is 14.8 Å². The predicted octanol–water partition coefficient (Wildman–Crippen LogP) is 1.91. The summed E-state index contributed by atoms with van der Waals surface area (Å²) in [6.45, 7) is 1.76. The van der Waals surface area contributed by atoms with Crippen LogP contribution in [-0.4, -0.2) is 26.2 Å². The third-order valence-corrected chi connectivity index (χ3v) is 2.77. The predicted molar refractivity (Wildman–Crippen MR) is 68.8 cm³/mol. The minimum Gasteiger partial charge on any atom is -0.497 e. The number of methoxy groups -OCH3 is 1. The van der Waals surface area contributed by atoms with Crippen LogP contribution >= 0.6 is 0 Å². The Kier molecular flexibility index (Phi) is 4.36. The van der Waals surface area contributed by atoms with E-state index in [1.807, 2.05) is 0 Å². The fraction of sp³-hybridized carbons (Fsp3) is 0.357. The van der Waals surface area contributed by atoms with E-state index >= 15 is 0 Å². The van der Waals surface area contributed by atoms with Crippen molar-refractivity contribution in [1.82, 2.24) is 5.32 Å². The van der Waals surface area contributed by atoms with Crippen molar-refractivity contribution in [2.45, 2.75) is 12.8 Å². The second-order valence-corrected chi connectivity index (χ2v) is 4.15.